The largest absolute Gasteiger partial charge is 0.365 e. The lowest BCUT2D eigenvalue weighted by molar-refractivity contribution is 0.100. The molecule has 1 amide bonds. The number of primary amides is 1. The lowest BCUT2D eigenvalue weighted by atomic mass is 10.0. The van der Waals surface area contributed by atoms with Gasteiger partial charge in [-0.05, 0) is 78.6 Å². The number of pyridine rings is 1. The third kappa shape index (κ3) is 5.46. The summed E-state index contributed by atoms with van der Waals surface area (Å²) < 4.78 is 40.2. The number of anilines is 1. The monoisotopic (exact) mass is 584 g/mol. The normalized spacial score (nSPS) is 14.2. The summed E-state index contributed by atoms with van der Waals surface area (Å²) in [5.41, 5.74) is 11.6. The number of halogens is 2. The fraction of sp³-hybridized carbons (Fsp3) is 0.259. The second-order valence-corrected chi connectivity index (χ2v) is 11.1. The summed E-state index contributed by atoms with van der Waals surface area (Å²) in [6.45, 7) is 2.33. The molecule has 3 N–H and O–H groups in total. The lowest BCUT2D eigenvalue weighted by Gasteiger charge is -2.23. The van der Waals surface area contributed by atoms with Gasteiger partial charge in [0, 0.05) is 17.4 Å². The molecule has 37 heavy (non-hydrogen) atoms. The van der Waals surface area contributed by atoms with Crippen LogP contribution in [0.3, 0.4) is 0 Å². The molecule has 4 aromatic rings. The van der Waals surface area contributed by atoms with E-state index in [1.54, 1.807) is 22.8 Å². The van der Waals surface area contributed by atoms with Gasteiger partial charge in [-0.3, -0.25) is 13.7 Å². The summed E-state index contributed by atoms with van der Waals surface area (Å²) in [6, 6.07) is 13.9. The molecule has 1 fully saturated rings. The van der Waals surface area contributed by atoms with Crippen LogP contribution in [0.4, 0.5) is 10.1 Å². The number of fused-ring (bicyclic) bond motifs is 1. The standard InChI is InChI=1S/C27H26BrFN4O3S/c1-16-12-18(4-9-22(16)28)10-11-33(37(35)36)25-15-32-24(14-21(25)19-5-6-19)26(27(30)34)23(31-32)13-17-2-7-20(29)8-3-17/h2-4,7-9,12,14-15,19H,5-6,10-11,13H2,1H3,(H2,30,34)(H,35,36). The number of aromatic nitrogens is 2. The first-order chi connectivity index (χ1) is 17.7. The molecule has 2 aromatic heterocycles. The van der Waals surface area contributed by atoms with Gasteiger partial charge in [0.25, 0.3) is 17.2 Å². The minimum Gasteiger partial charge on any atom is -0.365 e. The molecule has 0 radical (unpaired) electrons. The Bertz CT molecular complexity index is 1520. The zero-order valence-electron chi connectivity index (χ0n) is 20.2. The second-order valence-electron chi connectivity index (χ2n) is 9.37. The average Bonchev–Trinajstić information content (AvgIpc) is 3.63. The van der Waals surface area contributed by atoms with Crippen molar-refractivity contribution in [2.24, 2.45) is 5.73 Å². The zero-order chi connectivity index (χ0) is 26.3. The van der Waals surface area contributed by atoms with Crippen molar-refractivity contribution in [3.63, 3.8) is 0 Å². The number of aryl methyl sites for hydroxylation is 1. The number of carbonyl (C=O) groups excluding carboxylic acids is 1. The SMILES string of the molecule is Cc1cc(CCN(c2cn3nc(Cc4ccc(F)cc4)c(C(N)=O)c3cc2C2CC2)S(=O)O)ccc1Br. The van der Waals surface area contributed by atoms with Crippen LogP contribution in [0.1, 0.15) is 57.1 Å². The Kier molecular flexibility index (Phi) is 7.15. The molecular weight excluding hydrogens is 559 g/mol. The van der Waals surface area contributed by atoms with Crippen molar-refractivity contribution in [1.29, 1.82) is 0 Å². The van der Waals surface area contributed by atoms with Gasteiger partial charge in [-0.2, -0.15) is 5.10 Å². The van der Waals surface area contributed by atoms with E-state index in [2.05, 4.69) is 27.1 Å². The van der Waals surface area contributed by atoms with E-state index < -0.39 is 17.2 Å². The van der Waals surface area contributed by atoms with Gasteiger partial charge < -0.3 is 5.73 Å². The summed E-state index contributed by atoms with van der Waals surface area (Å²) in [7, 11) is 0. The van der Waals surface area contributed by atoms with Gasteiger partial charge in [0.05, 0.1) is 28.7 Å². The highest BCUT2D eigenvalue weighted by molar-refractivity contribution is 9.10. The van der Waals surface area contributed by atoms with Crippen LogP contribution >= 0.6 is 15.9 Å². The smallest absolute Gasteiger partial charge is 0.261 e. The summed E-state index contributed by atoms with van der Waals surface area (Å²) in [6.07, 6.45) is 4.51. The van der Waals surface area contributed by atoms with Crippen molar-refractivity contribution in [3.05, 3.63) is 98.5 Å². The van der Waals surface area contributed by atoms with Crippen LogP contribution in [0.5, 0.6) is 0 Å². The van der Waals surface area contributed by atoms with E-state index in [0.29, 0.717) is 41.8 Å². The molecule has 1 atom stereocenters. The number of amides is 1. The molecule has 1 saturated carbocycles. The molecule has 2 heterocycles. The van der Waals surface area contributed by atoms with Crippen molar-refractivity contribution in [3.8, 4) is 0 Å². The maximum Gasteiger partial charge on any atom is 0.261 e. The molecule has 0 bridgehead atoms. The Morgan fingerprint density at radius 1 is 1.22 bits per heavy atom. The number of rotatable bonds is 9. The van der Waals surface area contributed by atoms with E-state index in [4.69, 9.17) is 5.73 Å². The van der Waals surface area contributed by atoms with Crippen molar-refractivity contribution in [1.82, 2.24) is 9.61 Å². The van der Waals surface area contributed by atoms with Crippen LogP contribution in [-0.2, 0) is 24.1 Å². The third-order valence-corrected chi connectivity index (χ3v) is 8.33. The molecule has 0 spiro atoms. The molecule has 5 rings (SSSR count). The highest BCUT2D eigenvalue weighted by Gasteiger charge is 2.31. The van der Waals surface area contributed by atoms with E-state index >= 15 is 0 Å². The van der Waals surface area contributed by atoms with Crippen molar-refractivity contribution < 1.29 is 17.9 Å². The fourth-order valence-corrected chi connectivity index (χ4v) is 5.45. The molecule has 2 aromatic carbocycles. The summed E-state index contributed by atoms with van der Waals surface area (Å²) in [5, 5.41) is 4.62. The van der Waals surface area contributed by atoms with Crippen LogP contribution < -0.4 is 10.0 Å². The predicted molar refractivity (Wildman–Crippen MR) is 146 cm³/mol. The Morgan fingerprint density at radius 2 is 1.92 bits per heavy atom. The van der Waals surface area contributed by atoms with Gasteiger partial charge in [0.1, 0.15) is 5.82 Å². The van der Waals surface area contributed by atoms with Gasteiger partial charge in [0.15, 0.2) is 0 Å². The topological polar surface area (TPSA) is 101 Å². The Balaban J connectivity index is 1.55. The first-order valence-corrected chi connectivity index (χ1v) is 13.8. The Hall–Kier alpha value is -3.08. The van der Waals surface area contributed by atoms with Crippen LogP contribution in [0.15, 0.2) is 59.2 Å². The maximum absolute atomic E-state index is 13.4. The van der Waals surface area contributed by atoms with E-state index in [9.17, 15) is 17.9 Å². The summed E-state index contributed by atoms with van der Waals surface area (Å²) in [4.78, 5) is 12.5. The van der Waals surface area contributed by atoms with Gasteiger partial charge in [-0.1, -0.05) is 40.2 Å². The summed E-state index contributed by atoms with van der Waals surface area (Å²) in [5.74, 6) is -0.713. The number of carbonyl (C=O) groups is 1. The van der Waals surface area contributed by atoms with Gasteiger partial charge in [-0.25, -0.2) is 13.1 Å². The molecule has 1 aliphatic carbocycles. The Labute approximate surface area is 225 Å². The lowest BCUT2D eigenvalue weighted by Crippen LogP contribution is -2.29. The van der Waals surface area contributed by atoms with Crippen molar-refractivity contribution >= 4 is 44.3 Å². The number of hydrogen-bond acceptors (Lipinski definition) is 3. The molecule has 7 nitrogen and oxygen atoms in total. The highest BCUT2D eigenvalue weighted by atomic mass is 79.9. The van der Waals surface area contributed by atoms with Crippen LogP contribution in [-0.4, -0.2) is 30.8 Å². The van der Waals surface area contributed by atoms with Crippen molar-refractivity contribution in [2.45, 2.75) is 38.5 Å². The van der Waals surface area contributed by atoms with E-state index in [-0.39, 0.29) is 11.7 Å². The van der Waals surface area contributed by atoms with Crippen LogP contribution in [0.25, 0.3) is 5.52 Å². The molecule has 10 heteroatoms. The van der Waals surface area contributed by atoms with Gasteiger partial charge in [0.2, 0.25) is 0 Å². The first-order valence-electron chi connectivity index (χ1n) is 11.9. The van der Waals surface area contributed by atoms with Crippen molar-refractivity contribution in [2.75, 3.05) is 10.8 Å². The van der Waals surface area contributed by atoms with E-state index in [1.165, 1.54) is 16.4 Å². The van der Waals surface area contributed by atoms with Gasteiger partial charge in [-0.15, -0.1) is 0 Å². The zero-order valence-corrected chi connectivity index (χ0v) is 22.6. The maximum atomic E-state index is 13.4. The fourth-order valence-electron chi connectivity index (χ4n) is 4.64. The van der Waals surface area contributed by atoms with Gasteiger partial charge >= 0.3 is 0 Å². The molecule has 1 unspecified atom stereocenters. The number of hydrogen-bond donors (Lipinski definition) is 2. The van der Waals surface area contributed by atoms with Crippen LogP contribution in [0.2, 0.25) is 0 Å². The summed E-state index contributed by atoms with van der Waals surface area (Å²) >= 11 is 1.24. The highest BCUT2D eigenvalue weighted by Crippen LogP contribution is 2.45. The number of nitrogens with zero attached hydrogens (tertiary/aromatic N) is 3. The second kappa shape index (κ2) is 10.4. The molecule has 192 valence electrons. The number of nitrogens with two attached hydrogens (primary N) is 1. The Morgan fingerprint density at radius 3 is 2.54 bits per heavy atom. The molecule has 0 aliphatic heterocycles. The van der Waals surface area contributed by atoms with E-state index in [1.807, 2.05) is 25.1 Å². The molecule has 0 saturated heterocycles. The average molecular weight is 585 g/mol. The van der Waals surface area contributed by atoms with Crippen LogP contribution in [0, 0.1) is 12.7 Å². The molecule has 1 aliphatic rings. The van der Waals surface area contributed by atoms with E-state index in [0.717, 1.165) is 39.6 Å². The minimum absolute atomic E-state index is 0.233. The molecular formula is C27H26BrFN4O3S. The number of benzene rings is 2. The minimum atomic E-state index is -2.26. The quantitative estimate of drug-likeness (QED) is 0.261. The predicted octanol–water partition coefficient (Wildman–Crippen LogP) is 5.30. The third-order valence-electron chi connectivity index (χ3n) is 6.68. The first kappa shape index (κ1) is 25.6.